The van der Waals surface area contributed by atoms with Gasteiger partial charge in [0.25, 0.3) is 11.5 Å². The molecule has 1 aliphatic rings. The number of ether oxygens (including phenoxy) is 1. The van der Waals surface area contributed by atoms with Crippen LogP contribution in [-0.2, 0) is 4.74 Å². The second-order valence-corrected chi connectivity index (χ2v) is 6.20. The molecule has 4 heterocycles. The Morgan fingerprint density at radius 3 is 3.00 bits per heavy atom. The minimum absolute atomic E-state index is 0.190. The number of nitrogens with zero attached hydrogens (tertiary/aromatic N) is 3. The van der Waals surface area contributed by atoms with Crippen LogP contribution in [-0.4, -0.2) is 39.3 Å². The number of aryl methyl sites for hydroxylation is 1. The van der Waals surface area contributed by atoms with Crippen LogP contribution < -0.4 is 10.9 Å². The Bertz CT molecular complexity index is 958. The van der Waals surface area contributed by atoms with Gasteiger partial charge in [0.1, 0.15) is 6.04 Å². The number of hydrogen-bond donors (Lipinski definition) is 1. The average molecular weight is 338 g/mol. The molecule has 4 rings (SSSR count). The van der Waals surface area contributed by atoms with E-state index in [9.17, 15) is 9.59 Å². The van der Waals surface area contributed by atoms with Gasteiger partial charge in [-0.3, -0.25) is 9.59 Å². The molecule has 2 unspecified atom stereocenters. The van der Waals surface area contributed by atoms with Gasteiger partial charge in [-0.2, -0.15) is 5.10 Å². The average Bonchev–Trinajstić information content (AvgIpc) is 3.23. The number of hydrogen-bond acceptors (Lipinski definition) is 4. The van der Waals surface area contributed by atoms with Crippen LogP contribution in [0.5, 0.6) is 0 Å². The lowest BCUT2D eigenvalue weighted by molar-refractivity contribution is 0.0925. The summed E-state index contributed by atoms with van der Waals surface area (Å²) in [6.07, 6.45) is 3.68. The van der Waals surface area contributed by atoms with Gasteiger partial charge in [-0.15, -0.1) is 0 Å². The largest absolute Gasteiger partial charge is 0.377 e. The zero-order valence-corrected chi connectivity index (χ0v) is 13.8. The first-order valence-electron chi connectivity index (χ1n) is 8.13. The second-order valence-electron chi connectivity index (χ2n) is 6.20. The molecule has 0 saturated carbocycles. The Kier molecular flexibility index (Phi) is 3.85. The molecule has 0 radical (unpaired) electrons. The third-order valence-corrected chi connectivity index (χ3v) is 4.41. The number of pyridine rings is 1. The van der Waals surface area contributed by atoms with Gasteiger partial charge in [-0.05, 0) is 31.2 Å². The number of fused-ring (bicyclic) bond motifs is 1. The zero-order valence-electron chi connectivity index (χ0n) is 13.8. The molecular formula is C18H18N4O3. The molecule has 1 aliphatic heterocycles. The third-order valence-electron chi connectivity index (χ3n) is 4.41. The van der Waals surface area contributed by atoms with Gasteiger partial charge >= 0.3 is 0 Å². The number of nitrogens with one attached hydrogen (secondary N) is 1. The predicted molar refractivity (Wildman–Crippen MR) is 91.7 cm³/mol. The molecule has 25 heavy (non-hydrogen) atoms. The Hall–Kier alpha value is -2.93. The van der Waals surface area contributed by atoms with Gasteiger partial charge in [-0.1, -0.05) is 6.07 Å². The maximum absolute atomic E-state index is 12.6. The van der Waals surface area contributed by atoms with E-state index < -0.39 is 0 Å². The number of carbonyl (C=O) groups is 1. The summed E-state index contributed by atoms with van der Waals surface area (Å²) in [5.41, 5.74) is 2.06. The van der Waals surface area contributed by atoms with Crippen LogP contribution in [0, 0.1) is 6.92 Å². The lowest BCUT2D eigenvalue weighted by Gasteiger charge is -2.20. The van der Waals surface area contributed by atoms with Crippen LogP contribution in [0.25, 0.3) is 5.52 Å². The molecule has 1 amide bonds. The fraction of sp³-hybridized carbons (Fsp3) is 0.278. The van der Waals surface area contributed by atoms with Crippen molar-refractivity contribution in [3.8, 4) is 0 Å². The van der Waals surface area contributed by atoms with E-state index in [0.717, 1.165) is 11.2 Å². The molecule has 128 valence electrons. The molecule has 0 bridgehead atoms. The van der Waals surface area contributed by atoms with Gasteiger partial charge in [0.2, 0.25) is 0 Å². The summed E-state index contributed by atoms with van der Waals surface area (Å²) in [5, 5.41) is 7.26. The van der Waals surface area contributed by atoms with Crippen molar-refractivity contribution < 1.29 is 9.53 Å². The molecule has 0 aliphatic carbocycles. The standard InChI is InChI=1S/C18H18N4O3/c1-12-5-6-17(23)22(20-12)16-11-25-10-15(16)19-18(24)13-8-14-4-2-3-7-21(14)9-13/h2-9,15-16H,10-11H2,1H3,(H,19,24). The quantitative estimate of drug-likeness (QED) is 0.778. The molecule has 7 nitrogen and oxygen atoms in total. The molecule has 0 aromatic carbocycles. The normalized spacial score (nSPS) is 20.0. The first-order chi connectivity index (χ1) is 12.1. The summed E-state index contributed by atoms with van der Waals surface area (Å²) in [6, 6.07) is 10.1. The highest BCUT2D eigenvalue weighted by atomic mass is 16.5. The highest BCUT2D eigenvalue weighted by molar-refractivity contribution is 5.95. The molecule has 7 heteroatoms. The van der Waals surface area contributed by atoms with E-state index in [1.807, 2.05) is 41.8 Å². The van der Waals surface area contributed by atoms with E-state index >= 15 is 0 Å². The van der Waals surface area contributed by atoms with Gasteiger partial charge in [0.15, 0.2) is 0 Å². The fourth-order valence-corrected chi connectivity index (χ4v) is 3.11. The second kappa shape index (κ2) is 6.18. The van der Waals surface area contributed by atoms with Crippen LogP contribution in [0.3, 0.4) is 0 Å². The summed E-state index contributed by atoms with van der Waals surface area (Å²) in [6.45, 7) is 2.52. The summed E-state index contributed by atoms with van der Waals surface area (Å²) in [4.78, 5) is 24.7. The van der Waals surface area contributed by atoms with E-state index in [2.05, 4.69) is 10.4 Å². The summed E-state index contributed by atoms with van der Waals surface area (Å²) < 4.78 is 8.79. The van der Waals surface area contributed by atoms with E-state index in [0.29, 0.717) is 18.8 Å². The van der Waals surface area contributed by atoms with Crippen molar-refractivity contribution in [3.05, 3.63) is 70.4 Å². The van der Waals surface area contributed by atoms with E-state index in [1.165, 1.54) is 10.7 Å². The van der Waals surface area contributed by atoms with E-state index in [-0.39, 0.29) is 23.6 Å². The van der Waals surface area contributed by atoms with Crippen LogP contribution in [0.15, 0.2) is 53.6 Å². The number of aromatic nitrogens is 3. The van der Waals surface area contributed by atoms with Crippen molar-refractivity contribution in [1.82, 2.24) is 19.5 Å². The molecule has 1 fully saturated rings. The number of amides is 1. The van der Waals surface area contributed by atoms with Crippen molar-refractivity contribution in [3.63, 3.8) is 0 Å². The van der Waals surface area contributed by atoms with Crippen LogP contribution in [0.4, 0.5) is 0 Å². The third kappa shape index (κ3) is 2.94. The summed E-state index contributed by atoms with van der Waals surface area (Å²) >= 11 is 0. The molecule has 3 aromatic rings. The summed E-state index contributed by atoms with van der Waals surface area (Å²) in [7, 11) is 0. The smallest absolute Gasteiger partial charge is 0.267 e. The first-order valence-corrected chi connectivity index (χ1v) is 8.13. The van der Waals surface area contributed by atoms with E-state index in [4.69, 9.17) is 4.74 Å². The summed E-state index contributed by atoms with van der Waals surface area (Å²) in [5.74, 6) is -0.190. The highest BCUT2D eigenvalue weighted by Crippen LogP contribution is 2.18. The lowest BCUT2D eigenvalue weighted by atomic mass is 10.1. The van der Waals surface area contributed by atoms with Crippen LogP contribution in [0.1, 0.15) is 22.1 Å². The van der Waals surface area contributed by atoms with Crippen molar-refractivity contribution in [2.45, 2.75) is 19.0 Å². The predicted octanol–water partition coefficient (Wildman–Crippen LogP) is 1.17. The highest BCUT2D eigenvalue weighted by Gasteiger charge is 2.32. The van der Waals surface area contributed by atoms with Crippen LogP contribution >= 0.6 is 0 Å². The molecule has 1 saturated heterocycles. The minimum atomic E-state index is -0.312. The maximum Gasteiger partial charge on any atom is 0.267 e. The Morgan fingerprint density at radius 2 is 2.16 bits per heavy atom. The SMILES string of the molecule is Cc1ccc(=O)n(C2COCC2NC(=O)c2cc3ccccn3c2)n1. The molecule has 1 N–H and O–H groups in total. The van der Waals surface area contributed by atoms with Crippen molar-refractivity contribution in [1.29, 1.82) is 0 Å². The van der Waals surface area contributed by atoms with Gasteiger partial charge in [-0.25, -0.2) is 4.68 Å². The zero-order chi connectivity index (χ0) is 17.4. The molecule has 2 atom stereocenters. The number of carbonyl (C=O) groups excluding carboxylic acids is 1. The molecule has 3 aromatic heterocycles. The Morgan fingerprint density at radius 1 is 1.28 bits per heavy atom. The van der Waals surface area contributed by atoms with Gasteiger partial charge in [0.05, 0.1) is 30.5 Å². The Labute approximate surface area is 143 Å². The monoisotopic (exact) mass is 338 g/mol. The number of rotatable bonds is 3. The van der Waals surface area contributed by atoms with Gasteiger partial charge in [0, 0.05) is 24.0 Å². The van der Waals surface area contributed by atoms with Gasteiger partial charge < -0.3 is 14.5 Å². The first kappa shape index (κ1) is 15.6. The lowest BCUT2D eigenvalue weighted by Crippen LogP contribution is -2.44. The molecule has 0 spiro atoms. The topological polar surface area (TPSA) is 77.6 Å². The Balaban J connectivity index is 1.57. The maximum atomic E-state index is 12.6. The van der Waals surface area contributed by atoms with Crippen LogP contribution in [0.2, 0.25) is 0 Å². The van der Waals surface area contributed by atoms with Crippen molar-refractivity contribution in [2.75, 3.05) is 13.2 Å². The molecular weight excluding hydrogens is 320 g/mol. The van der Waals surface area contributed by atoms with Crippen molar-refractivity contribution in [2.24, 2.45) is 0 Å². The van der Waals surface area contributed by atoms with E-state index in [1.54, 1.807) is 12.3 Å². The fourth-order valence-electron chi connectivity index (χ4n) is 3.11. The minimum Gasteiger partial charge on any atom is -0.377 e. The van der Waals surface area contributed by atoms with Crippen molar-refractivity contribution >= 4 is 11.4 Å².